The molecule has 1 saturated heterocycles. The Balaban J connectivity index is 1.46. The topological polar surface area (TPSA) is 59.6 Å². The summed E-state index contributed by atoms with van der Waals surface area (Å²) in [7, 11) is 0. The molecule has 0 aromatic heterocycles. The average Bonchev–Trinajstić information content (AvgIpc) is 3.14. The zero-order valence-corrected chi connectivity index (χ0v) is 14.4. The zero-order chi connectivity index (χ0) is 17.5. The number of benzene rings is 2. The molecule has 2 atom stereocenters. The third kappa shape index (κ3) is 5.22. The Morgan fingerprint density at radius 3 is 2.64 bits per heavy atom. The van der Waals surface area contributed by atoms with Gasteiger partial charge in [0.15, 0.2) is 0 Å². The monoisotopic (exact) mass is 340 g/mol. The summed E-state index contributed by atoms with van der Waals surface area (Å²) in [6.07, 6.45) is 0.857. The highest BCUT2D eigenvalue weighted by Crippen LogP contribution is 2.20. The minimum atomic E-state index is -0.422. The summed E-state index contributed by atoms with van der Waals surface area (Å²) in [5, 5.41) is 6.13. The first-order chi connectivity index (χ1) is 12.2. The number of rotatable bonds is 6. The van der Waals surface area contributed by atoms with Crippen LogP contribution in [0.3, 0.4) is 0 Å². The normalized spacial score (nSPS) is 17.7. The van der Waals surface area contributed by atoms with Crippen molar-refractivity contribution in [3.63, 3.8) is 0 Å². The standard InChI is InChI=1S/C20H24N2O3/c1-15(22-20(23)24-14-16-5-3-2-4-6-16)17-7-9-18(10-8-17)25-19-11-12-21-13-19/h2-10,15,19,21H,11-14H2,1H3,(H,22,23)/t15-,19-/m0/s1. The van der Waals surface area contributed by atoms with Gasteiger partial charge >= 0.3 is 6.09 Å². The van der Waals surface area contributed by atoms with Crippen LogP contribution in [-0.2, 0) is 11.3 Å². The molecule has 25 heavy (non-hydrogen) atoms. The molecule has 2 N–H and O–H groups in total. The van der Waals surface area contributed by atoms with E-state index in [4.69, 9.17) is 9.47 Å². The second-order valence-electron chi connectivity index (χ2n) is 6.23. The summed E-state index contributed by atoms with van der Waals surface area (Å²) in [5.74, 6) is 0.858. The Morgan fingerprint density at radius 2 is 1.96 bits per heavy atom. The third-order valence-corrected chi connectivity index (χ3v) is 4.25. The van der Waals surface area contributed by atoms with Gasteiger partial charge in [0.25, 0.3) is 0 Å². The lowest BCUT2D eigenvalue weighted by atomic mass is 10.1. The second-order valence-corrected chi connectivity index (χ2v) is 6.23. The van der Waals surface area contributed by atoms with E-state index in [1.165, 1.54) is 0 Å². The number of ether oxygens (including phenoxy) is 2. The van der Waals surface area contributed by atoms with E-state index in [0.717, 1.165) is 36.4 Å². The zero-order valence-electron chi connectivity index (χ0n) is 14.4. The van der Waals surface area contributed by atoms with Crippen molar-refractivity contribution in [1.29, 1.82) is 0 Å². The summed E-state index contributed by atoms with van der Waals surface area (Å²) < 4.78 is 11.2. The summed E-state index contributed by atoms with van der Waals surface area (Å²) in [6.45, 7) is 4.10. The van der Waals surface area contributed by atoms with E-state index in [0.29, 0.717) is 0 Å². The molecule has 0 unspecified atom stereocenters. The minimum Gasteiger partial charge on any atom is -0.489 e. The highest BCUT2D eigenvalue weighted by Gasteiger charge is 2.16. The molecule has 2 aromatic rings. The Kier molecular flexibility index (Phi) is 5.90. The molecule has 0 aliphatic carbocycles. The van der Waals surface area contributed by atoms with Gasteiger partial charge in [0, 0.05) is 6.54 Å². The van der Waals surface area contributed by atoms with E-state index in [1.807, 2.05) is 61.5 Å². The number of alkyl carbamates (subject to hydrolysis) is 1. The average molecular weight is 340 g/mol. The van der Waals surface area contributed by atoms with Gasteiger partial charge in [0.05, 0.1) is 6.04 Å². The summed E-state index contributed by atoms with van der Waals surface area (Å²) >= 11 is 0. The molecule has 1 fully saturated rings. The number of carbonyl (C=O) groups is 1. The maximum Gasteiger partial charge on any atom is 0.407 e. The minimum absolute atomic E-state index is 0.134. The first-order valence-electron chi connectivity index (χ1n) is 8.65. The molecule has 0 saturated carbocycles. The van der Waals surface area contributed by atoms with Crippen LogP contribution in [0.4, 0.5) is 4.79 Å². The Labute approximate surface area is 148 Å². The Morgan fingerprint density at radius 1 is 1.20 bits per heavy atom. The van der Waals surface area contributed by atoms with Crippen molar-refractivity contribution in [3.05, 3.63) is 65.7 Å². The van der Waals surface area contributed by atoms with Crippen LogP contribution in [0.2, 0.25) is 0 Å². The van der Waals surface area contributed by atoms with Crippen LogP contribution in [-0.4, -0.2) is 25.3 Å². The van der Waals surface area contributed by atoms with Crippen LogP contribution >= 0.6 is 0 Å². The molecule has 0 radical (unpaired) electrons. The molecule has 2 aromatic carbocycles. The van der Waals surface area contributed by atoms with Crippen LogP contribution in [0.25, 0.3) is 0 Å². The smallest absolute Gasteiger partial charge is 0.407 e. The molecule has 3 rings (SSSR count). The van der Waals surface area contributed by atoms with E-state index < -0.39 is 6.09 Å². The molecule has 1 amide bonds. The van der Waals surface area contributed by atoms with Crippen molar-refractivity contribution in [2.45, 2.75) is 32.1 Å². The van der Waals surface area contributed by atoms with E-state index in [1.54, 1.807) is 0 Å². The quantitative estimate of drug-likeness (QED) is 0.846. The van der Waals surface area contributed by atoms with Crippen LogP contribution in [0.1, 0.15) is 30.5 Å². The SMILES string of the molecule is C[C@H](NC(=O)OCc1ccccc1)c1ccc(O[C@H]2CCNC2)cc1. The van der Waals surface area contributed by atoms with Crippen LogP contribution in [0, 0.1) is 0 Å². The third-order valence-electron chi connectivity index (χ3n) is 4.25. The summed E-state index contributed by atoms with van der Waals surface area (Å²) in [5.41, 5.74) is 1.97. The maximum atomic E-state index is 11.9. The van der Waals surface area contributed by atoms with Crippen molar-refractivity contribution in [2.24, 2.45) is 0 Å². The molecule has 5 nitrogen and oxygen atoms in total. The predicted molar refractivity (Wildman–Crippen MR) is 96.5 cm³/mol. The lowest BCUT2D eigenvalue weighted by Crippen LogP contribution is -2.27. The molecule has 1 aliphatic heterocycles. The number of hydrogen-bond acceptors (Lipinski definition) is 4. The van der Waals surface area contributed by atoms with Gasteiger partial charge in [-0.05, 0) is 43.1 Å². The van der Waals surface area contributed by atoms with Gasteiger partial charge in [-0.15, -0.1) is 0 Å². The summed E-state index contributed by atoms with van der Waals surface area (Å²) in [4.78, 5) is 11.9. The van der Waals surface area contributed by atoms with Crippen LogP contribution in [0.5, 0.6) is 5.75 Å². The molecule has 0 bridgehead atoms. The fraction of sp³-hybridized carbons (Fsp3) is 0.350. The highest BCUT2D eigenvalue weighted by molar-refractivity contribution is 5.67. The molecule has 0 spiro atoms. The number of carbonyl (C=O) groups excluding carboxylic acids is 1. The van der Waals surface area contributed by atoms with Crippen molar-refractivity contribution in [2.75, 3.05) is 13.1 Å². The van der Waals surface area contributed by atoms with E-state index in [2.05, 4.69) is 10.6 Å². The van der Waals surface area contributed by atoms with Crippen molar-refractivity contribution in [1.82, 2.24) is 10.6 Å². The Hall–Kier alpha value is -2.53. The lowest BCUT2D eigenvalue weighted by molar-refractivity contribution is 0.136. The maximum absolute atomic E-state index is 11.9. The molecular formula is C20H24N2O3. The van der Waals surface area contributed by atoms with Gasteiger partial charge in [-0.1, -0.05) is 42.5 Å². The molecule has 132 valence electrons. The second kappa shape index (κ2) is 8.53. The predicted octanol–water partition coefficient (Wildman–Crippen LogP) is 3.41. The van der Waals surface area contributed by atoms with Gasteiger partial charge in [0.1, 0.15) is 18.5 Å². The van der Waals surface area contributed by atoms with Crippen LogP contribution in [0.15, 0.2) is 54.6 Å². The van der Waals surface area contributed by atoms with Crippen molar-refractivity contribution < 1.29 is 14.3 Å². The fourth-order valence-corrected chi connectivity index (χ4v) is 2.78. The lowest BCUT2D eigenvalue weighted by Gasteiger charge is -2.16. The van der Waals surface area contributed by atoms with Crippen LogP contribution < -0.4 is 15.4 Å². The van der Waals surface area contributed by atoms with Crippen molar-refractivity contribution in [3.8, 4) is 5.75 Å². The number of nitrogens with one attached hydrogen (secondary N) is 2. The van der Waals surface area contributed by atoms with E-state index in [9.17, 15) is 4.79 Å². The van der Waals surface area contributed by atoms with E-state index >= 15 is 0 Å². The van der Waals surface area contributed by atoms with E-state index in [-0.39, 0.29) is 18.8 Å². The number of hydrogen-bond donors (Lipinski definition) is 2. The molecule has 1 aliphatic rings. The van der Waals surface area contributed by atoms with Crippen molar-refractivity contribution >= 4 is 6.09 Å². The largest absolute Gasteiger partial charge is 0.489 e. The molecule has 5 heteroatoms. The van der Waals surface area contributed by atoms with Gasteiger partial charge in [0.2, 0.25) is 0 Å². The summed E-state index contributed by atoms with van der Waals surface area (Å²) in [6, 6.07) is 17.3. The first-order valence-corrected chi connectivity index (χ1v) is 8.65. The van der Waals surface area contributed by atoms with Gasteiger partial charge in [-0.2, -0.15) is 0 Å². The van der Waals surface area contributed by atoms with Gasteiger partial charge in [-0.25, -0.2) is 4.79 Å². The number of amides is 1. The molecule has 1 heterocycles. The van der Waals surface area contributed by atoms with Gasteiger partial charge in [-0.3, -0.25) is 0 Å². The highest BCUT2D eigenvalue weighted by atomic mass is 16.5. The van der Waals surface area contributed by atoms with Gasteiger partial charge < -0.3 is 20.1 Å². The molecular weight excluding hydrogens is 316 g/mol. The first kappa shape index (κ1) is 17.3. The Bertz CT molecular complexity index is 667. The fourth-order valence-electron chi connectivity index (χ4n) is 2.78.